The first-order valence-corrected chi connectivity index (χ1v) is 7.55. The predicted octanol–water partition coefficient (Wildman–Crippen LogP) is 3.21. The number of ether oxygens (including phenoxy) is 1. The Kier molecular flexibility index (Phi) is 5.68. The molecule has 0 spiro atoms. The van der Waals surface area contributed by atoms with E-state index in [0.717, 1.165) is 32.2 Å². The summed E-state index contributed by atoms with van der Waals surface area (Å²) < 4.78 is 5.64. The molecule has 4 nitrogen and oxygen atoms in total. The second-order valence-corrected chi connectivity index (χ2v) is 5.42. The van der Waals surface area contributed by atoms with Gasteiger partial charge in [-0.15, -0.1) is 0 Å². The highest BCUT2D eigenvalue weighted by Crippen LogP contribution is 2.28. The molecule has 1 aliphatic rings. The molecule has 1 aliphatic heterocycles. The Morgan fingerprint density at radius 1 is 1.50 bits per heavy atom. The third-order valence-electron chi connectivity index (χ3n) is 3.29. The molecule has 0 saturated carbocycles. The molecule has 20 heavy (non-hydrogen) atoms. The first-order chi connectivity index (χ1) is 9.70. The quantitative estimate of drug-likeness (QED) is 0.877. The van der Waals surface area contributed by atoms with E-state index in [1.54, 1.807) is 18.2 Å². The van der Waals surface area contributed by atoms with Gasteiger partial charge in [0.1, 0.15) is 5.75 Å². The number of hydrogen-bond donors (Lipinski definition) is 2. The maximum atomic E-state index is 12.2. The molecule has 1 saturated heterocycles. The van der Waals surface area contributed by atoms with E-state index in [4.69, 9.17) is 16.3 Å². The summed E-state index contributed by atoms with van der Waals surface area (Å²) in [6.07, 6.45) is 4.00. The molecule has 0 aliphatic carbocycles. The monoisotopic (exact) mass is 296 g/mol. The second kappa shape index (κ2) is 7.50. The number of rotatable bonds is 5. The lowest BCUT2D eigenvalue weighted by Crippen LogP contribution is -2.43. The van der Waals surface area contributed by atoms with Gasteiger partial charge in [0.2, 0.25) is 5.91 Å². The molecule has 2 rings (SSSR count). The smallest absolute Gasteiger partial charge is 0.241 e. The van der Waals surface area contributed by atoms with E-state index < -0.39 is 0 Å². The van der Waals surface area contributed by atoms with Crippen LogP contribution in [0.5, 0.6) is 5.75 Å². The van der Waals surface area contributed by atoms with Crippen LogP contribution in [-0.4, -0.2) is 25.1 Å². The van der Waals surface area contributed by atoms with E-state index >= 15 is 0 Å². The van der Waals surface area contributed by atoms with E-state index in [1.807, 2.05) is 6.92 Å². The highest BCUT2D eigenvalue weighted by molar-refractivity contribution is 6.31. The second-order valence-electron chi connectivity index (χ2n) is 4.98. The number of hydrogen-bond acceptors (Lipinski definition) is 3. The highest BCUT2D eigenvalue weighted by Gasteiger charge is 2.21. The molecule has 1 heterocycles. The lowest BCUT2D eigenvalue weighted by Gasteiger charge is -2.23. The highest BCUT2D eigenvalue weighted by atomic mass is 35.5. The van der Waals surface area contributed by atoms with Gasteiger partial charge in [-0.2, -0.15) is 0 Å². The molecule has 110 valence electrons. The molecule has 2 N–H and O–H groups in total. The number of benzene rings is 1. The first-order valence-electron chi connectivity index (χ1n) is 7.17. The summed E-state index contributed by atoms with van der Waals surface area (Å²) in [7, 11) is 0. The SMILES string of the molecule is CCCOc1ccc(Cl)cc1NC(=O)C1CCCCN1. The fourth-order valence-corrected chi connectivity index (χ4v) is 2.41. The average Bonchev–Trinajstić information content (AvgIpc) is 2.47. The Labute approximate surface area is 124 Å². The standard InChI is InChI=1S/C15H21ClN2O2/c1-2-9-20-14-7-6-11(16)10-13(14)18-15(19)12-5-3-4-8-17-12/h6-7,10,12,17H,2-5,8-9H2,1H3,(H,18,19). The van der Waals surface area contributed by atoms with Crippen molar-refractivity contribution in [2.75, 3.05) is 18.5 Å². The Hall–Kier alpha value is -1.26. The van der Waals surface area contributed by atoms with Crippen molar-refractivity contribution >= 4 is 23.2 Å². The summed E-state index contributed by atoms with van der Waals surface area (Å²) in [6.45, 7) is 3.55. The summed E-state index contributed by atoms with van der Waals surface area (Å²) in [4.78, 5) is 12.2. The summed E-state index contributed by atoms with van der Waals surface area (Å²) >= 11 is 6.00. The Balaban J connectivity index is 2.06. The van der Waals surface area contributed by atoms with Crippen LogP contribution < -0.4 is 15.4 Å². The molecular weight excluding hydrogens is 276 g/mol. The predicted molar refractivity (Wildman–Crippen MR) is 81.5 cm³/mol. The minimum Gasteiger partial charge on any atom is -0.491 e. The van der Waals surface area contributed by atoms with Crippen molar-refractivity contribution in [3.63, 3.8) is 0 Å². The van der Waals surface area contributed by atoms with Crippen molar-refractivity contribution in [2.45, 2.75) is 38.6 Å². The number of amides is 1. The van der Waals surface area contributed by atoms with Crippen molar-refractivity contribution in [1.82, 2.24) is 5.32 Å². The van der Waals surface area contributed by atoms with Gasteiger partial charge in [-0.05, 0) is 44.0 Å². The molecule has 0 bridgehead atoms. The Bertz CT molecular complexity index is 459. The third-order valence-corrected chi connectivity index (χ3v) is 3.52. The van der Waals surface area contributed by atoms with Crippen LogP contribution in [0.1, 0.15) is 32.6 Å². The van der Waals surface area contributed by atoms with Crippen LogP contribution in [0.15, 0.2) is 18.2 Å². The van der Waals surface area contributed by atoms with Crippen molar-refractivity contribution in [2.24, 2.45) is 0 Å². The van der Waals surface area contributed by atoms with Crippen molar-refractivity contribution in [3.8, 4) is 5.75 Å². The third kappa shape index (κ3) is 4.12. The summed E-state index contributed by atoms with van der Waals surface area (Å²) in [5, 5.41) is 6.73. The maximum absolute atomic E-state index is 12.2. The fraction of sp³-hybridized carbons (Fsp3) is 0.533. The van der Waals surface area contributed by atoms with Crippen LogP contribution in [0.4, 0.5) is 5.69 Å². The van der Waals surface area contributed by atoms with Gasteiger partial charge in [-0.1, -0.05) is 24.9 Å². The van der Waals surface area contributed by atoms with Gasteiger partial charge >= 0.3 is 0 Å². The van der Waals surface area contributed by atoms with Gasteiger partial charge in [0, 0.05) is 5.02 Å². The van der Waals surface area contributed by atoms with Crippen molar-refractivity contribution < 1.29 is 9.53 Å². The molecule has 1 unspecified atom stereocenters. The zero-order valence-electron chi connectivity index (χ0n) is 11.7. The van der Waals surface area contributed by atoms with Gasteiger partial charge in [-0.3, -0.25) is 4.79 Å². The zero-order valence-corrected chi connectivity index (χ0v) is 12.5. The topological polar surface area (TPSA) is 50.4 Å². The molecule has 0 radical (unpaired) electrons. The number of halogens is 1. The van der Waals surface area contributed by atoms with Gasteiger partial charge in [0.05, 0.1) is 18.3 Å². The van der Waals surface area contributed by atoms with Crippen LogP contribution in [-0.2, 0) is 4.79 Å². The zero-order chi connectivity index (χ0) is 14.4. The summed E-state index contributed by atoms with van der Waals surface area (Å²) in [5.41, 5.74) is 0.642. The number of carbonyl (C=O) groups is 1. The molecule has 0 aromatic heterocycles. The van der Waals surface area contributed by atoms with Crippen LogP contribution in [0.2, 0.25) is 5.02 Å². The van der Waals surface area contributed by atoms with Gasteiger partial charge in [0.15, 0.2) is 0 Å². The van der Waals surface area contributed by atoms with Crippen LogP contribution in [0.25, 0.3) is 0 Å². The van der Waals surface area contributed by atoms with E-state index in [1.165, 1.54) is 0 Å². The van der Waals surface area contributed by atoms with Gasteiger partial charge in [0.25, 0.3) is 0 Å². The molecule has 1 fully saturated rings. The molecule has 1 amide bonds. The minimum absolute atomic E-state index is 0.0201. The first kappa shape index (κ1) is 15.1. The fourth-order valence-electron chi connectivity index (χ4n) is 2.23. The average molecular weight is 297 g/mol. The van der Waals surface area contributed by atoms with Gasteiger partial charge in [-0.25, -0.2) is 0 Å². The lowest BCUT2D eigenvalue weighted by atomic mass is 10.0. The largest absolute Gasteiger partial charge is 0.491 e. The molecule has 1 aromatic carbocycles. The number of piperidine rings is 1. The van der Waals surface area contributed by atoms with Gasteiger partial charge < -0.3 is 15.4 Å². The number of carbonyl (C=O) groups excluding carboxylic acids is 1. The molecular formula is C15H21ClN2O2. The Morgan fingerprint density at radius 2 is 2.35 bits per heavy atom. The van der Waals surface area contributed by atoms with E-state index in [0.29, 0.717) is 23.1 Å². The lowest BCUT2D eigenvalue weighted by molar-refractivity contribution is -0.118. The Morgan fingerprint density at radius 3 is 3.05 bits per heavy atom. The van der Waals surface area contributed by atoms with Crippen LogP contribution >= 0.6 is 11.6 Å². The minimum atomic E-state index is -0.123. The van der Waals surface area contributed by atoms with E-state index in [2.05, 4.69) is 10.6 Å². The van der Waals surface area contributed by atoms with Crippen molar-refractivity contribution in [3.05, 3.63) is 23.2 Å². The molecule has 5 heteroatoms. The van der Waals surface area contributed by atoms with E-state index in [-0.39, 0.29) is 11.9 Å². The normalized spacial score (nSPS) is 18.6. The number of nitrogens with one attached hydrogen (secondary N) is 2. The van der Waals surface area contributed by atoms with Crippen molar-refractivity contribution in [1.29, 1.82) is 0 Å². The van der Waals surface area contributed by atoms with E-state index in [9.17, 15) is 4.79 Å². The number of anilines is 1. The molecule has 1 atom stereocenters. The molecule has 1 aromatic rings. The van der Waals surface area contributed by atoms with Crippen LogP contribution in [0.3, 0.4) is 0 Å². The van der Waals surface area contributed by atoms with Crippen LogP contribution in [0, 0.1) is 0 Å². The summed E-state index contributed by atoms with van der Waals surface area (Å²) in [6, 6.07) is 5.16. The maximum Gasteiger partial charge on any atom is 0.241 e. The summed E-state index contributed by atoms with van der Waals surface area (Å²) in [5.74, 6) is 0.647.